The van der Waals surface area contributed by atoms with E-state index in [9.17, 15) is 4.79 Å². The molecule has 1 amide bonds. The fourth-order valence-corrected chi connectivity index (χ4v) is 5.02. The van der Waals surface area contributed by atoms with E-state index in [2.05, 4.69) is 32.9 Å². The molecule has 0 fully saturated rings. The number of thiazole rings is 1. The van der Waals surface area contributed by atoms with Crippen LogP contribution in [0.15, 0.2) is 71.6 Å². The Bertz CT molecular complexity index is 1170. The fourth-order valence-electron chi connectivity index (χ4n) is 3.34. The number of benzene rings is 3. The Morgan fingerprint density at radius 3 is 2.43 bits per heavy atom. The molecular formula is C25H24N2OS2. The maximum absolute atomic E-state index is 13.5. The number of carbonyl (C=O) groups is 1. The summed E-state index contributed by atoms with van der Waals surface area (Å²) >= 11 is 3.35. The van der Waals surface area contributed by atoms with Gasteiger partial charge < -0.3 is 0 Å². The van der Waals surface area contributed by atoms with Crippen molar-refractivity contribution in [3.63, 3.8) is 0 Å². The van der Waals surface area contributed by atoms with E-state index in [1.807, 2.05) is 54.6 Å². The number of hydrogen-bond acceptors (Lipinski definition) is 4. The number of nitrogens with zero attached hydrogens (tertiary/aromatic N) is 2. The first-order chi connectivity index (χ1) is 14.6. The lowest BCUT2D eigenvalue weighted by atomic mass is 10.1. The number of aryl methyl sites for hydroxylation is 2. The first-order valence-corrected chi connectivity index (χ1v) is 11.8. The highest BCUT2D eigenvalue weighted by atomic mass is 32.2. The Labute approximate surface area is 185 Å². The summed E-state index contributed by atoms with van der Waals surface area (Å²) in [6, 6.07) is 22.2. The normalized spacial score (nSPS) is 11.0. The van der Waals surface area contributed by atoms with Crippen LogP contribution in [0.2, 0.25) is 0 Å². The second-order valence-corrected chi connectivity index (χ2v) is 9.53. The number of anilines is 1. The number of amides is 1. The molecule has 0 aliphatic rings. The van der Waals surface area contributed by atoms with Crippen LogP contribution in [-0.4, -0.2) is 16.6 Å². The van der Waals surface area contributed by atoms with E-state index < -0.39 is 0 Å². The number of thioether (sulfide) groups is 1. The van der Waals surface area contributed by atoms with Crippen LogP contribution >= 0.6 is 23.1 Å². The molecule has 0 unspecified atom stereocenters. The monoisotopic (exact) mass is 432 g/mol. The highest BCUT2D eigenvalue weighted by Crippen LogP contribution is 2.33. The molecule has 4 rings (SSSR count). The molecular weight excluding hydrogens is 408 g/mol. The van der Waals surface area contributed by atoms with E-state index >= 15 is 0 Å². The van der Waals surface area contributed by atoms with Gasteiger partial charge in [-0.1, -0.05) is 54.7 Å². The van der Waals surface area contributed by atoms with Crippen molar-refractivity contribution in [3.8, 4) is 0 Å². The molecule has 0 aliphatic carbocycles. The van der Waals surface area contributed by atoms with Crippen molar-refractivity contribution >= 4 is 44.4 Å². The van der Waals surface area contributed by atoms with Crippen LogP contribution in [0.5, 0.6) is 0 Å². The van der Waals surface area contributed by atoms with Gasteiger partial charge in [0.1, 0.15) is 0 Å². The minimum absolute atomic E-state index is 0.0275. The van der Waals surface area contributed by atoms with Gasteiger partial charge in [0.15, 0.2) is 5.13 Å². The Balaban J connectivity index is 1.74. The van der Waals surface area contributed by atoms with Gasteiger partial charge in [-0.3, -0.25) is 9.69 Å². The zero-order chi connectivity index (χ0) is 21.1. The van der Waals surface area contributed by atoms with Crippen molar-refractivity contribution in [3.05, 3.63) is 89.0 Å². The molecule has 0 N–H and O–H groups in total. The van der Waals surface area contributed by atoms with E-state index in [1.165, 1.54) is 16.0 Å². The lowest BCUT2D eigenvalue weighted by molar-refractivity contribution is 0.0985. The molecule has 5 heteroatoms. The third-order valence-corrected chi connectivity index (χ3v) is 7.08. The average molecular weight is 433 g/mol. The van der Waals surface area contributed by atoms with Crippen molar-refractivity contribution in [1.29, 1.82) is 0 Å². The minimum Gasteiger partial charge on any atom is -0.279 e. The molecule has 0 atom stereocenters. The summed E-state index contributed by atoms with van der Waals surface area (Å²) in [4.78, 5) is 21.4. The van der Waals surface area contributed by atoms with Gasteiger partial charge in [0.2, 0.25) is 0 Å². The van der Waals surface area contributed by atoms with Crippen molar-refractivity contribution < 1.29 is 4.79 Å². The quantitative estimate of drug-likeness (QED) is 0.312. The van der Waals surface area contributed by atoms with E-state index in [1.54, 1.807) is 28.0 Å². The summed E-state index contributed by atoms with van der Waals surface area (Å²) in [5.74, 6) is 0.984. The van der Waals surface area contributed by atoms with Crippen LogP contribution in [0.4, 0.5) is 5.13 Å². The van der Waals surface area contributed by atoms with Gasteiger partial charge in [0, 0.05) is 10.5 Å². The number of rotatable bonds is 6. The van der Waals surface area contributed by atoms with Crippen LogP contribution in [0.25, 0.3) is 10.2 Å². The van der Waals surface area contributed by atoms with Gasteiger partial charge in [-0.2, -0.15) is 0 Å². The number of hydrogen-bond donors (Lipinski definition) is 0. The fraction of sp³-hybridized carbons (Fsp3) is 0.200. The maximum Gasteiger partial charge on any atom is 0.260 e. The summed E-state index contributed by atoms with van der Waals surface area (Å²) in [6.45, 7) is 6.80. The predicted octanol–water partition coefficient (Wildman–Crippen LogP) is 6.87. The molecule has 3 aromatic carbocycles. The Kier molecular flexibility index (Phi) is 6.21. The highest BCUT2D eigenvalue weighted by molar-refractivity contribution is 7.99. The second-order valence-electron chi connectivity index (χ2n) is 7.18. The minimum atomic E-state index is -0.0275. The van der Waals surface area contributed by atoms with Crippen LogP contribution in [0, 0.1) is 13.8 Å². The van der Waals surface area contributed by atoms with Gasteiger partial charge in [0.25, 0.3) is 5.91 Å². The smallest absolute Gasteiger partial charge is 0.260 e. The van der Waals surface area contributed by atoms with E-state index in [0.29, 0.717) is 12.1 Å². The highest BCUT2D eigenvalue weighted by Gasteiger charge is 2.22. The maximum atomic E-state index is 13.5. The van der Waals surface area contributed by atoms with Crippen LogP contribution < -0.4 is 4.90 Å². The summed E-state index contributed by atoms with van der Waals surface area (Å²) < 4.78 is 1.11. The van der Waals surface area contributed by atoms with Crippen LogP contribution in [-0.2, 0) is 6.54 Å². The molecule has 152 valence electrons. The van der Waals surface area contributed by atoms with Gasteiger partial charge in [-0.05, 0) is 66.6 Å². The molecule has 0 spiro atoms. The first kappa shape index (κ1) is 20.6. The van der Waals surface area contributed by atoms with Gasteiger partial charge >= 0.3 is 0 Å². The average Bonchev–Trinajstić information content (AvgIpc) is 3.20. The zero-order valence-corrected chi connectivity index (χ0v) is 19.0. The largest absolute Gasteiger partial charge is 0.279 e. The van der Waals surface area contributed by atoms with Gasteiger partial charge in [-0.25, -0.2) is 4.98 Å². The lowest BCUT2D eigenvalue weighted by Crippen LogP contribution is -2.30. The van der Waals surface area contributed by atoms with E-state index in [4.69, 9.17) is 4.98 Å². The molecule has 1 heterocycles. The molecule has 30 heavy (non-hydrogen) atoms. The Morgan fingerprint density at radius 2 is 1.73 bits per heavy atom. The number of fused-ring (bicyclic) bond motifs is 1. The topological polar surface area (TPSA) is 33.2 Å². The second kappa shape index (κ2) is 9.02. The van der Waals surface area contributed by atoms with E-state index in [-0.39, 0.29) is 5.91 Å². The molecule has 0 bridgehead atoms. The molecule has 3 nitrogen and oxygen atoms in total. The third kappa shape index (κ3) is 4.27. The van der Waals surface area contributed by atoms with Crippen LogP contribution in [0.1, 0.15) is 34.0 Å². The van der Waals surface area contributed by atoms with Gasteiger partial charge in [-0.15, -0.1) is 11.8 Å². The summed E-state index contributed by atoms with van der Waals surface area (Å²) in [7, 11) is 0. The lowest BCUT2D eigenvalue weighted by Gasteiger charge is -2.20. The molecule has 0 aliphatic heterocycles. The van der Waals surface area contributed by atoms with Crippen molar-refractivity contribution in [2.45, 2.75) is 32.2 Å². The molecule has 0 radical (unpaired) electrons. The van der Waals surface area contributed by atoms with E-state index in [0.717, 1.165) is 26.7 Å². The Morgan fingerprint density at radius 1 is 1.00 bits per heavy atom. The molecule has 0 saturated carbocycles. The predicted molar refractivity (Wildman–Crippen MR) is 129 cm³/mol. The van der Waals surface area contributed by atoms with Gasteiger partial charge in [0.05, 0.1) is 16.8 Å². The van der Waals surface area contributed by atoms with Crippen molar-refractivity contribution in [2.24, 2.45) is 0 Å². The van der Waals surface area contributed by atoms with Crippen LogP contribution in [0.3, 0.4) is 0 Å². The molecule has 0 saturated heterocycles. The third-order valence-electron chi connectivity index (χ3n) is 5.15. The van der Waals surface area contributed by atoms with Crippen molar-refractivity contribution in [2.75, 3.05) is 10.7 Å². The Hall–Kier alpha value is -2.63. The SMILES string of the molecule is CCSc1ccc(C(=O)N(Cc2ccccc2)c2nc3c(C)c(C)ccc3s2)cc1. The van der Waals surface area contributed by atoms with Crippen molar-refractivity contribution in [1.82, 2.24) is 4.98 Å². The number of carbonyl (C=O) groups excluding carboxylic acids is 1. The summed E-state index contributed by atoms with van der Waals surface area (Å²) in [5, 5.41) is 0.736. The summed E-state index contributed by atoms with van der Waals surface area (Å²) in [5.41, 5.74) is 5.12. The standard InChI is InChI=1S/C25H24N2OS2/c1-4-29-21-13-11-20(12-14-21)24(28)27(16-19-8-6-5-7-9-19)25-26-23-18(3)17(2)10-15-22(23)30-25/h5-15H,4,16H2,1-3H3. The zero-order valence-electron chi connectivity index (χ0n) is 17.4. The summed E-state index contributed by atoms with van der Waals surface area (Å²) in [6.07, 6.45) is 0. The number of aromatic nitrogens is 1. The first-order valence-electron chi connectivity index (χ1n) is 10.0. The molecule has 1 aromatic heterocycles. The molecule has 4 aromatic rings.